The minimum atomic E-state index is -3.93. The number of nitrogens with zero attached hydrogens (tertiary/aromatic N) is 4. The number of fused-ring (bicyclic) bond motifs is 4. The van der Waals surface area contributed by atoms with E-state index in [1.165, 1.54) is 0 Å². The molecule has 6 nitrogen and oxygen atoms in total. The molecule has 0 fully saturated rings. The van der Waals surface area contributed by atoms with Gasteiger partial charge in [0.15, 0.2) is 0 Å². The van der Waals surface area contributed by atoms with Crippen LogP contribution in [0.4, 0.5) is 0 Å². The maximum atomic E-state index is 14.3. The molecule has 0 bridgehead atoms. The van der Waals surface area contributed by atoms with E-state index in [1.807, 2.05) is 83.6 Å². The van der Waals surface area contributed by atoms with Crippen molar-refractivity contribution < 1.29 is 8.42 Å². The van der Waals surface area contributed by atoms with Crippen LogP contribution in [0.1, 0.15) is 23.0 Å². The van der Waals surface area contributed by atoms with Crippen LogP contribution < -0.4 is 0 Å². The Kier molecular flexibility index (Phi) is 5.01. The van der Waals surface area contributed by atoms with Crippen LogP contribution in [0, 0.1) is 0 Å². The van der Waals surface area contributed by atoms with Gasteiger partial charge in [-0.05, 0) is 35.7 Å². The highest BCUT2D eigenvalue weighted by Gasteiger charge is 2.38. The molecule has 2 aromatic heterocycles. The van der Waals surface area contributed by atoms with Gasteiger partial charge in [-0.25, -0.2) is 13.4 Å². The van der Waals surface area contributed by atoms with Crippen LogP contribution in [-0.4, -0.2) is 27.3 Å². The summed E-state index contributed by atoms with van der Waals surface area (Å²) in [6.07, 6.45) is 5.78. The van der Waals surface area contributed by atoms with Crippen molar-refractivity contribution >= 4 is 20.9 Å². The van der Waals surface area contributed by atoms with Crippen LogP contribution in [0.15, 0.2) is 108 Å². The van der Waals surface area contributed by atoms with E-state index in [0.29, 0.717) is 17.8 Å². The topological polar surface area (TPSA) is 68.1 Å². The van der Waals surface area contributed by atoms with Gasteiger partial charge in [-0.2, -0.15) is 4.31 Å². The highest BCUT2D eigenvalue weighted by molar-refractivity contribution is 7.89. The molecule has 34 heavy (non-hydrogen) atoms. The van der Waals surface area contributed by atoms with E-state index in [0.717, 1.165) is 22.2 Å². The van der Waals surface area contributed by atoms with Gasteiger partial charge in [-0.1, -0.05) is 66.7 Å². The van der Waals surface area contributed by atoms with Crippen molar-refractivity contribution in [2.75, 3.05) is 0 Å². The van der Waals surface area contributed by atoms with Crippen LogP contribution in [0.2, 0.25) is 0 Å². The molecule has 0 amide bonds. The number of benzene rings is 3. The first-order chi connectivity index (χ1) is 16.6. The third-order valence-electron chi connectivity index (χ3n) is 6.35. The van der Waals surface area contributed by atoms with Crippen molar-refractivity contribution in [3.63, 3.8) is 0 Å². The maximum absolute atomic E-state index is 14.3. The second-order valence-electron chi connectivity index (χ2n) is 8.37. The van der Waals surface area contributed by atoms with Gasteiger partial charge in [0.1, 0.15) is 10.7 Å². The Labute approximate surface area is 198 Å². The van der Waals surface area contributed by atoms with E-state index in [9.17, 15) is 8.42 Å². The van der Waals surface area contributed by atoms with E-state index in [4.69, 9.17) is 0 Å². The zero-order valence-corrected chi connectivity index (χ0v) is 19.1. The average Bonchev–Trinajstić information content (AvgIpc) is 3.31. The highest BCUT2D eigenvalue weighted by Crippen LogP contribution is 2.38. The summed E-state index contributed by atoms with van der Waals surface area (Å²) in [4.78, 5) is 9.29. The molecule has 0 radical (unpaired) electrons. The Hall–Kier alpha value is -3.81. The summed E-state index contributed by atoms with van der Waals surface area (Å²) in [5.74, 6) is 0.700. The Morgan fingerprint density at radius 2 is 1.62 bits per heavy atom. The van der Waals surface area contributed by atoms with E-state index in [2.05, 4.69) is 9.97 Å². The molecule has 0 spiro atoms. The zero-order valence-electron chi connectivity index (χ0n) is 18.3. The largest absolute Gasteiger partial charge is 0.302 e. The minimum Gasteiger partial charge on any atom is -0.302 e. The predicted octanol–water partition coefficient (Wildman–Crippen LogP) is 4.91. The molecule has 0 N–H and O–H groups in total. The smallest absolute Gasteiger partial charge is 0.246 e. The second kappa shape index (κ2) is 8.20. The van der Waals surface area contributed by atoms with Crippen LogP contribution in [0.3, 0.4) is 0 Å². The first-order valence-corrected chi connectivity index (χ1v) is 12.6. The summed E-state index contributed by atoms with van der Waals surface area (Å²) in [6.45, 7) is 0.239. The van der Waals surface area contributed by atoms with Crippen LogP contribution in [-0.2, 0) is 23.0 Å². The fraction of sp³-hybridized carbons (Fsp3) is 0.111. The van der Waals surface area contributed by atoms with E-state index in [1.54, 1.807) is 28.8 Å². The summed E-state index contributed by atoms with van der Waals surface area (Å²) < 4.78 is 32.3. The van der Waals surface area contributed by atoms with Crippen LogP contribution in [0.25, 0.3) is 16.6 Å². The minimum absolute atomic E-state index is 0.209. The quantitative estimate of drug-likeness (QED) is 0.377. The van der Waals surface area contributed by atoms with Crippen molar-refractivity contribution in [3.05, 3.63) is 120 Å². The molecule has 3 aromatic carbocycles. The van der Waals surface area contributed by atoms with Gasteiger partial charge in [-0.15, -0.1) is 0 Å². The zero-order chi connectivity index (χ0) is 23.1. The second-order valence-corrected chi connectivity index (χ2v) is 10.2. The lowest BCUT2D eigenvalue weighted by atomic mass is 10.1. The van der Waals surface area contributed by atoms with Gasteiger partial charge < -0.3 is 4.57 Å². The molecule has 6 rings (SSSR count). The number of sulfonamides is 1. The van der Waals surface area contributed by atoms with Crippen molar-refractivity contribution in [1.82, 2.24) is 18.8 Å². The van der Waals surface area contributed by atoms with Crippen LogP contribution in [0.5, 0.6) is 0 Å². The first kappa shape index (κ1) is 20.8. The lowest BCUT2D eigenvalue weighted by Gasteiger charge is -2.29. The Morgan fingerprint density at radius 1 is 0.824 bits per heavy atom. The van der Waals surface area contributed by atoms with E-state index < -0.39 is 16.1 Å². The molecular formula is C27H22N4O2S. The Bertz CT molecular complexity index is 1590. The predicted molar refractivity (Wildman–Crippen MR) is 131 cm³/mol. The first-order valence-electron chi connectivity index (χ1n) is 11.1. The van der Waals surface area contributed by atoms with E-state index in [-0.39, 0.29) is 11.4 Å². The standard InChI is InChI=1S/C27H22N4O2S/c32-34(33,25-14-6-11-21-12-7-15-28-26(21)25)31-19-22-10-4-5-13-23(22)30-17-16-29-27(30)24(31)18-20-8-2-1-3-9-20/h1-17,24H,18-19H2. The maximum Gasteiger partial charge on any atom is 0.246 e. The van der Waals surface area contributed by atoms with Gasteiger partial charge >= 0.3 is 0 Å². The van der Waals surface area contributed by atoms with Crippen molar-refractivity contribution in [3.8, 4) is 5.69 Å². The number of para-hydroxylation sites is 2. The molecule has 0 aliphatic carbocycles. The molecule has 7 heteroatoms. The van der Waals surface area contributed by atoms with Gasteiger partial charge in [0.2, 0.25) is 10.0 Å². The number of hydrogen-bond acceptors (Lipinski definition) is 4. The molecule has 3 heterocycles. The molecule has 0 saturated carbocycles. The average molecular weight is 467 g/mol. The third kappa shape index (κ3) is 3.41. The fourth-order valence-corrected chi connectivity index (χ4v) is 6.48. The molecule has 1 unspecified atom stereocenters. The number of rotatable bonds is 4. The lowest BCUT2D eigenvalue weighted by Crippen LogP contribution is -2.35. The summed E-state index contributed by atoms with van der Waals surface area (Å²) >= 11 is 0. The van der Waals surface area contributed by atoms with Crippen molar-refractivity contribution in [1.29, 1.82) is 0 Å². The summed E-state index contributed by atoms with van der Waals surface area (Å²) in [7, 11) is -3.93. The third-order valence-corrected chi connectivity index (χ3v) is 8.23. The Morgan fingerprint density at radius 3 is 2.50 bits per heavy atom. The lowest BCUT2D eigenvalue weighted by molar-refractivity contribution is 0.309. The summed E-state index contributed by atoms with van der Waals surface area (Å²) in [5, 5.41) is 0.792. The van der Waals surface area contributed by atoms with Gasteiger partial charge in [0.25, 0.3) is 0 Å². The number of pyridine rings is 1. The molecule has 0 saturated heterocycles. The summed E-state index contributed by atoms with van der Waals surface area (Å²) in [6, 6.07) is 26.4. The molecule has 1 atom stereocenters. The molecular weight excluding hydrogens is 444 g/mol. The molecule has 168 valence electrons. The van der Waals surface area contributed by atoms with Gasteiger partial charge in [-0.3, -0.25) is 4.98 Å². The number of aromatic nitrogens is 3. The van der Waals surface area contributed by atoms with Gasteiger partial charge in [0, 0.05) is 30.5 Å². The van der Waals surface area contributed by atoms with Crippen LogP contribution >= 0.6 is 0 Å². The normalized spacial score (nSPS) is 16.1. The van der Waals surface area contributed by atoms with Gasteiger partial charge in [0.05, 0.1) is 17.2 Å². The SMILES string of the molecule is O=S(=O)(c1cccc2cccnc12)N1Cc2ccccc2-n2ccnc2C1Cc1ccccc1. The van der Waals surface area contributed by atoms with Crippen molar-refractivity contribution in [2.24, 2.45) is 0 Å². The van der Waals surface area contributed by atoms with E-state index >= 15 is 0 Å². The number of imidazole rings is 1. The molecule has 1 aliphatic rings. The molecule has 1 aliphatic heterocycles. The Balaban J connectivity index is 1.58. The summed E-state index contributed by atoms with van der Waals surface area (Å²) in [5.41, 5.74) is 3.39. The van der Waals surface area contributed by atoms with Crippen molar-refractivity contribution in [2.45, 2.75) is 23.9 Å². The molecule has 5 aromatic rings. The number of hydrogen-bond donors (Lipinski definition) is 0. The fourth-order valence-electron chi connectivity index (χ4n) is 4.75. The highest BCUT2D eigenvalue weighted by atomic mass is 32.2. The monoisotopic (exact) mass is 466 g/mol.